The summed E-state index contributed by atoms with van der Waals surface area (Å²) in [5.41, 5.74) is 1.20. The highest BCUT2D eigenvalue weighted by Crippen LogP contribution is 2.43. The maximum atomic E-state index is 13.9. The molecule has 0 atom stereocenters. The van der Waals surface area contributed by atoms with E-state index in [1.165, 1.54) is 30.9 Å². The van der Waals surface area contributed by atoms with Gasteiger partial charge in [0.25, 0.3) is 0 Å². The molecule has 0 aromatic heterocycles. The molecule has 19 nitrogen and oxygen atoms in total. The van der Waals surface area contributed by atoms with Crippen molar-refractivity contribution in [1.82, 2.24) is 0 Å². The van der Waals surface area contributed by atoms with E-state index < -0.39 is 11.9 Å². The molecule has 540 valence electrons. The first-order valence-corrected chi connectivity index (χ1v) is 35.0. The Bertz CT molecular complexity index is 2900. The third-order valence-corrected chi connectivity index (χ3v) is 14.8. The molecule has 0 radical (unpaired) electrons. The molecule has 0 aliphatic carbocycles. The van der Waals surface area contributed by atoms with Crippen LogP contribution in [-0.4, -0.2) is 111 Å². The molecule has 0 heterocycles. The van der Waals surface area contributed by atoms with Crippen molar-refractivity contribution in [1.29, 1.82) is 0 Å². The van der Waals surface area contributed by atoms with Crippen molar-refractivity contribution in [2.75, 3.05) is 99.1 Å². The van der Waals surface area contributed by atoms with Gasteiger partial charge in [-0.05, 0) is 183 Å². The van der Waals surface area contributed by atoms with E-state index in [-0.39, 0.29) is 11.5 Å². The minimum atomic E-state index is -0.646. The monoisotopic (exact) mass is 1360 g/mol. The van der Waals surface area contributed by atoms with Gasteiger partial charge in [-0.15, -0.1) is 19.7 Å². The van der Waals surface area contributed by atoms with Crippen LogP contribution in [0.1, 0.15) is 165 Å². The normalized spacial score (nSPS) is 11.1. The molecule has 0 aliphatic rings. The molecule has 0 fully saturated rings. The van der Waals surface area contributed by atoms with Gasteiger partial charge in [0.05, 0.1) is 98.1 Å². The summed E-state index contributed by atoms with van der Waals surface area (Å²) in [6.45, 7) is 28.7. The number of esters is 2. The quantitative estimate of drug-likeness (QED) is 0.00592. The number of unbranched alkanes of at least 4 members (excludes halogenated alkanes) is 18. The summed E-state index contributed by atoms with van der Waals surface area (Å²) in [6.07, 6.45) is 36.5. The molecule has 19 heteroatoms. The molecule has 4 aromatic rings. The zero-order valence-corrected chi connectivity index (χ0v) is 58.1. The topological polar surface area (TPSA) is 191 Å². The summed E-state index contributed by atoms with van der Waals surface area (Å²) >= 11 is 0. The third-order valence-electron chi connectivity index (χ3n) is 14.8. The summed E-state index contributed by atoms with van der Waals surface area (Å²) in [5.74, 6) is 2.17. The standard InChI is InChI=1S/C79H110O19/c1-7-51-91-94-63-34-22-19-29-58-86-73-48-44-66(76(87-59-30-17-14-26-55-83-11-5)79(73)90-62-33-21-24-36-65-96-93-53-9-3)45-49-74(80)97-70-41-37-40-69-68(70)39-38-42-71(69)98-75(81)50-46-67-43-47-72(85-57-28-16-13-25-54-82-10-4)78(89-61-32-18-15-27-56-84-12-6)77(67)88-60-31-20-23-35-64-95-92-52-8-2/h7-12,37-50H,1-6,13-36,51-65H2. The fraction of sp³-hybridized carbons (Fsp3) is 0.494. The molecule has 4 aromatic carbocycles. The van der Waals surface area contributed by atoms with Crippen LogP contribution in [0.4, 0.5) is 0 Å². The number of rotatable bonds is 66. The Morgan fingerprint density at radius 3 is 0.878 bits per heavy atom. The van der Waals surface area contributed by atoms with Gasteiger partial charge in [0.2, 0.25) is 11.5 Å². The van der Waals surface area contributed by atoms with Crippen LogP contribution in [0.25, 0.3) is 22.9 Å². The second kappa shape index (κ2) is 56.9. The first-order chi connectivity index (χ1) is 48.4. The van der Waals surface area contributed by atoms with E-state index >= 15 is 0 Å². The first kappa shape index (κ1) is 82.4. The predicted octanol–water partition coefficient (Wildman–Crippen LogP) is 18.6. The Balaban J connectivity index is 1.58. The van der Waals surface area contributed by atoms with Crippen molar-refractivity contribution < 1.29 is 91.0 Å². The number of carbonyl (C=O) groups excluding carboxylic acids is 2. The smallest absolute Gasteiger partial charge is 0.336 e. The number of benzene rings is 4. The Kier molecular flexibility index (Phi) is 47.9. The van der Waals surface area contributed by atoms with Crippen molar-refractivity contribution in [2.24, 2.45) is 0 Å². The summed E-state index contributed by atoms with van der Waals surface area (Å²) in [7, 11) is 0. The van der Waals surface area contributed by atoms with Crippen LogP contribution in [0.2, 0.25) is 0 Å². The van der Waals surface area contributed by atoms with E-state index in [1.807, 2.05) is 24.3 Å². The number of hydrogen-bond acceptors (Lipinski definition) is 19. The zero-order chi connectivity index (χ0) is 69.8. The molecule has 98 heavy (non-hydrogen) atoms. The summed E-state index contributed by atoms with van der Waals surface area (Å²) in [5, 5.41) is 1.10. The fourth-order valence-corrected chi connectivity index (χ4v) is 9.76. The van der Waals surface area contributed by atoms with E-state index in [0.717, 1.165) is 154 Å². The maximum absolute atomic E-state index is 13.9. The largest absolute Gasteiger partial charge is 0.502 e. The molecule has 0 spiro atoms. The van der Waals surface area contributed by atoms with Crippen LogP contribution in [0.3, 0.4) is 0 Å². The molecule has 4 rings (SSSR count). The Hall–Kier alpha value is -8.04. The molecular weight excluding hydrogens is 1250 g/mol. The highest BCUT2D eigenvalue weighted by atomic mass is 17.2. The number of hydrogen-bond donors (Lipinski definition) is 0. The average Bonchev–Trinajstić information content (AvgIpc) is 0.838. The molecule has 0 saturated carbocycles. The van der Waals surface area contributed by atoms with E-state index in [2.05, 4.69) is 39.5 Å². The van der Waals surface area contributed by atoms with Gasteiger partial charge < -0.3 is 52.1 Å². The summed E-state index contributed by atoms with van der Waals surface area (Å²) < 4.78 is 67.2. The first-order valence-electron chi connectivity index (χ1n) is 35.0. The highest BCUT2D eigenvalue weighted by molar-refractivity contribution is 5.99. The van der Waals surface area contributed by atoms with Gasteiger partial charge >= 0.3 is 11.9 Å². The summed E-state index contributed by atoms with van der Waals surface area (Å²) in [4.78, 5) is 58.7. The maximum Gasteiger partial charge on any atom is 0.336 e. The van der Waals surface area contributed by atoms with Gasteiger partial charge in [-0.2, -0.15) is 0 Å². The number of fused-ring (bicyclic) bond motifs is 1. The molecular formula is C79H110O19. The molecule has 0 amide bonds. The lowest BCUT2D eigenvalue weighted by Gasteiger charge is -2.19. The van der Waals surface area contributed by atoms with Crippen LogP contribution in [0.5, 0.6) is 46.0 Å². The van der Waals surface area contributed by atoms with Gasteiger partial charge in [-0.1, -0.05) is 81.5 Å². The molecule has 0 aliphatic heterocycles. The zero-order valence-electron chi connectivity index (χ0n) is 58.1. The minimum Gasteiger partial charge on any atom is -0.502 e. The van der Waals surface area contributed by atoms with Crippen molar-refractivity contribution in [2.45, 2.75) is 154 Å². The lowest BCUT2D eigenvalue weighted by molar-refractivity contribution is -0.286. The lowest BCUT2D eigenvalue weighted by atomic mass is 10.1. The van der Waals surface area contributed by atoms with Crippen LogP contribution >= 0.6 is 0 Å². The Morgan fingerprint density at radius 1 is 0.286 bits per heavy atom. The van der Waals surface area contributed by atoms with Crippen LogP contribution < -0.4 is 37.9 Å². The molecule has 0 unspecified atom stereocenters. The Labute approximate surface area is 583 Å². The van der Waals surface area contributed by atoms with Gasteiger partial charge in [0.15, 0.2) is 23.0 Å². The fourth-order valence-electron chi connectivity index (χ4n) is 9.76. The molecule has 0 bridgehead atoms. The van der Waals surface area contributed by atoms with Crippen LogP contribution in [0.15, 0.2) is 149 Å². The van der Waals surface area contributed by atoms with Gasteiger partial charge in [0.1, 0.15) is 31.3 Å². The van der Waals surface area contributed by atoms with Gasteiger partial charge in [-0.3, -0.25) is 0 Å². The Morgan fingerprint density at radius 2 is 0.571 bits per heavy atom. The molecule has 0 N–H and O–H groups in total. The van der Waals surface area contributed by atoms with Gasteiger partial charge in [0, 0.05) is 34.1 Å². The average molecular weight is 1360 g/mol. The SMILES string of the molecule is C=CCOOCCCCCCOc1ccc(C=CC(=O)Oc2cccc3c(OC(=O)C=Cc4ccc(OCCCCCCOC=C)c(OCCCCCCOC=C)c4OCCCCCCOOCC=C)cccc23)c(OCCCCCCOC=C)c1OCCCCCCOOCC=C. The van der Waals surface area contributed by atoms with E-state index in [1.54, 1.807) is 66.8 Å². The van der Waals surface area contributed by atoms with Gasteiger partial charge in [-0.25, -0.2) is 38.9 Å². The second-order valence-corrected chi connectivity index (χ2v) is 22.6. The minimum absolute atomic E-state index is 0.264. The van der Waals surface area contributed by atoms with E-state index in [0.29, 0.717) is 155 Å². The predicted molar refractivity (Wildman–Crippen MR) is 385 cm³/mol. The van der Waals surface area contributed by atoms with Crippen LogP contribution in [0, 0.1) is 0 Å². The number of carbonyl (C=O) groups is 2. The van der Waals surface area contributed by atoms with Crippen molar-refractivity contribution in [3.63, 3.8) is 0 Å². The van der Waals surface area contributed by atoms with Crippen molar-refractivity contribution in [3.05, 3.63) is 160 Å². The van der Waals surface area contributed by atoms with E-state index in [9.17, 15) is 9.59 Å². The number of ether oxygens (including phenoxy) is 11. The van der Waals surface area contributed by atoms with Crippen molar-refractivity contribution >= 4 is 34.9 Å². The molecule has 0 saturated heterocycles. The second-order valence-electron chi connectivity index (χ2n) is 22.6. The third kappa shape index (κ3) is 37.1. The van der Waals surface area contributed by atoms with Crippen molar-refractivity contribution in [3.8, 4) is 46.0 Å². The summed E-state index contributed by atoms with van der Waals surface area (Å²) in [6, 6.07) is 17.9. The van der Waals surface area contributed by atoms with Crippen LogP contribution in [-0.2, 0) is 53.1 Å². The van der Waals surface area contributed by atoms with E-state index in [4.69, 9.17) is 81.4 Å². The highest BCUT2D eigenvalue weighted by Gasteiger charge is 2.21. The lowest BCUT2D eigenvalue weighted by Crippen LogP contribution is -2.08.